The van der Waals surface area contributed by atoms with E-state index < -0.39 is 0 Å². The molecular weight excluding hydrogens is 326 g/mol. The molecule has 1 aliphatic heterocycles. The smallest absolute Gasteiger partial charge is 0.0321 e. The van der Waals surface area contributed by atoms with Gasteiger partial charge in [0.2, 0.25) is 0 Å². The molecule has 0 saturated carbocycles. The highest BCUT2D eigenvalue weighted by Gasteiger charge is 2.29. The van der Waals surface area contributed by atoms with Crippen molar-refractivity contribution in [3.63, 3.8) is 0 Å². The predicted molar refractivity (Wildman–Crippen MR) is 88.6 cm³/mol. The summed E-state index contributed by atoms with van der Waals surface area (Å²) in [6.45, 7) is 2.28. The molecule has 0 aromatic heterocycles. The molecule has 4 heteroatoms. The topological polar surface area (TPSA) is 26.0 Å². The molecule has 0 amide bonds. The molecule has 1 aliphatic rings. The van der Waals surface area contributed by atoms with Gasteiger partial charge in [-0.1, -0.05) is 35.0 Å². The van der Waals surface area contributed by atoms with Crippen LogP contribution in [0, 0.1) is 0 Å². The largest absolute Gasteiger partial charge is 0.326 e. The minimum absolute atomic E-state index is 0.266. The Labute approximate surface area is 127 Å². The van der Waals surface area contributed by atoms with Crippen LogP contribution in [0.2, 0.25) is 0 Å². The van der Waals surface area contributed by atoms with Crippen LogP contribution < -0.4 is 5.73 Å². The van der Waals surface area contributed by atoms with Crippen molar-refractivity contribution in [2.75, 3.05) is 11.5 Å². The summed E-state index contributed by atoms with van der Waals surface area (Å²) in [5, 5.41) is 1.33. The van der Waals surface area contributed by atoms with Crippen molar-refractivity contribution in [1.29, 1.82) is 0 Å². The van der Waals surface area contributed by atoms with Crippen LogP contribution in [-0.2, 0) is 6.42 Å². The lowest BCUT2D eigenvalue weighted by Gasteiger charge is -2.34. The van der Waals surface area contributed by atoms with Crippen molar-refractivity contribution < 1.29 is 0 Å². The SMILES string of the molecule is CCC1SCCSC1C(N)Cc1cccc(Br)c1. The Balaban J connectivity index is 1.99. The van der Waals surface area contributed by atoms with Crippen molar-refractivity contribution in [2.45, 2.75) is 36.3 Å². The molecule has 1 aromatic carbocycles. The van der Waals surface area contributed by atoms with E-state index in [9.17, 15) is 0 Å². The van der Waals surface area contributed by atoms with Crippen molar-refractivity contribution in [2.24, 2.45) is 5.73 Å². The normalized spacial score (nSPS) is 25.9. The number of hydrogen-bond acceptors (Lipinski definition) is 3. The summed E-state index contributed by atoms with van der Waals surface area (Å²) in [4.78, 5) is 0. The highest BCUT2D eigenvalue weighted by Crippen LogP contribution is 2.35. The highest BCUT2D eigenvalue weighted by molar-refractivity contribution is 9.10. The highest BCUT2D eigenvalue weighted by atomic mass is 79.9. The Hall–Kier alpha value is 0.360. The van der Waals surface area contributed by atoms with Crippen LogP contribution in [0.4, 0.5) is 0 Å². The molecule has 2 rings (SSSR count). The van der Waals surface area contributed by atoms with Gasteiger partial charge < -0.3 is 5.73 Å². The molecule has 1 heterocycles. The molecule has 1 fully saturated rings. The first kappa shape index (κ1) is 14.8. The number of halogens is 1. The van der Waals surface area contributed by atoms with Crippen LogP contribution in [0.5, 0.6) is 0 Å². The Kier molecular flexibility index (Phi) is 5.93. The summed E-state index contributed by atoms with van der Waals surface area (Å²) >= 11 is 7.70. The second-order valence-electron chi connectivity index (χ2n) is 4.65. The lowest BCUT2D eigenvalue weighted by Crippen LogP contribution is -2.43. The fraction of sp³-hybridized carbons (Fsp3) is 0.571. The molecule has 3 atom stereocenters. The third kappa shape index (κ3) is 3.92. The van der Waals surface area contributed by atoms with E-state index in [0.29, 0.717) is 5.25 Å². The minimum atomic E-state index is 0.266. The number of nitrogens with two attached hydrogens (primary N) is 1. The molecular formula is C14H20BrNS2. The van der Waals surface area contributed by atoms with E-state index in [2.05, 4.69) is 70.6 Å². The first-order valence-corrected chi connectivity index (χ1v) is 9.33. The van der Waals surface area contributed by atoms with E-state index in [1.165, 1.54) is 23.5 Å². The van der Waals surface area contributed by atoms with Gasteiger partial charge in [-0.3, -0.25) is 0 Å². The summed E-state index contributed by atoms with van der Waals surface area (Å²) in [5.74, 6) is 2.53. The maximum Gasteiger partial charge on any atom is 0.0321 e. The van der Waals surface area contributed by atoms with Gasteiger partial charge in [0.05, 0.1) is 0 Å². The fourth-order valence-electron chi connectivity index (χ4n) is 2.39. The van der Waals surface area contributed by atoms with Crippen LogP contribution >= 0.6 is 39.5 Å². The second kappa shape index (κ2) is 7.22. The third-order valence-corrected chi connectivity index (χ3v) is 7.20. The quantitative estimate of drug-likeness (QED) is 0.894. The molecule has 2 N–H and O–H groups in total. The maximum absolute atomic E-state index is 6.45. The molecule has 1 saturated heterocycles. The average Bonchev–Trinajstić information content (AvgIpc) is 2.38. The zero-order valence-corrected chi connectivity index (χ0v) is 13.9. The van der Waals surface area contributed by atoms with Gasteiger partial charge in [0.25, 0.3) is 0 Å². The van der Waals surface area contributed by atoms with Crippen LogP contribution in [0.1, 0.15) is 18.9 Å². The lowest BCUT2D eigenvalue weighted by atomic mass is 10.0. The van der Waals surface area contributed by atoms with Crippen molar-refractivity contribution >= 4 is 39.5 Å². The van der Waals surface area contributed by atoms with Crippen LogP contribution in [0.25, 0.3) is 0 Å². The first-order chi connectivity index (χ1) is 8.70. The van der Waals surface area contributed by atoms with Gasteiger partial charge in [0, 0.05) is 32.5 Å². The van der Waals surface area contributed by atoms with Crippen molar-refractivity contribution in [3.05, 3.63) is 34.3 Å². The van der Waals surface area contributed by atoms with Gasteiger partial charge >= 0.3 is 0 Å². The summed E-state index contributed by atoms with van der Waals surface area (Å²) in [7, 11) is 0. The molecule has 0 aliphatic carbocycles. The number of hydrogen-bond donors (Lipinski definition) is 1. The molecule has 1 nitrogen and oxygen atoms in total. The maximum atomic E-state index is 6.45. The number of benzene rings is 1. The lowest BCUT2D eigenvalue weighted by molar-refractivity contribution is 0.597. The summed E-state index contributed by atoms with van der Waals surface area (Å²) < 4.78 is 1.14. The van der Waals surface area contributed by atoms with E-state index in [4.69, 9.17) is 5.73 Å². The summed E-state index contributed by atoms with van der Waals surface area (Å²) in [6.07, 6.45) is 2.21. The van der Waals surface area contributed by atoms with Crippen molar-refractivity contribution in [3.8, 4) is 0 Å². The average molecular weight is 346 g/mol. The van der Waals surface area contributed by atoms with Crippen LogP contribution in [0.15, 0.2) is 28.7 Å². The van der Waals surface area contributed by atoms with Gasteiger partial charge in [0.1, 0.15) is 0 Å². The van der Waals surface area contributed by atoms with Crippen LogP contribution in [0.3, 0.4) is 0 Å². The third-order valence-electron chi connectivity index (χ3n) is 3.28. The van der Waals surface area contributed by atoms with E-state index in [1.807, 2.05) is 0 Å². The molecule has 18 heavy (non-hydrogen) atoms. The predicted octanol–water partition coefficient (Wildman–Crippen LogP) is 3.95. The van der Waals surface area contributed by atoms with E-state index in [1.54, 1.807) is 0 Å². The van der Waals surface area contributed by atoms with Gasteiger partial charge in [-0.2, -0.15) is 23.5 Å². The Morgan fingerprint density at radius 1 is 1.39 bits per heavy atom. The zero-order chi connectivity index (χ0) is 13.0. The van der Waals surface area contributed by atoms with Gasteiger partial charge in [0.15, 0.2) is 0 Å². The van der Waals surface area contributed by atoms with Gasteiger partial charge in [-0.05, 0) is 30.5 Å². The number of thioether (sulfide) groups is 2. The first-order valence-electron chi connectivity index (χ1n) is 6.44. The Morgan fingerprint density at radius 2 is 2.17 bits per heavy atom. The number of rotatable bonds is 4. The van der Waals surface area contributed by atoms with Gasteiger partial charge in [-0.25, -0.2) is 0 Å². The van der Waals surface area contributed by atoms with Gasteiger partial charge in [-0.15, -0.1) is 0 Å². The molecule has 100 valence electrons. The second-order valence-corrected chi connectivity index (χ2v) is 8.20. The van der Waals surface area contributed by atoms with E-state index in [-0.39, 0.29) is 6.04 Å². The van der Waals surface area contributed by atoms with E-state index >= 15 is 0 Å². The Morgan fingerprint density at radius 3 is 2.89 bits per heavy atom. The van der Waals surface area contributed by atoms with E-state index in [0.717, 1.165) is 16.1 Å². The minimum Gasteiger partial charge on any atom is -0.326 e. The monoisotopic (exact) mass is 345 g/mol. The molecule has 0 spiro atoms. The molecule has 0 radical (unpaired) electrons. The van der Waals surface area contributed by atoms with Crippen molar-refractivity contribution in [1.82, 2.24) is 0 Å². The Bertz CT molecular complexity index is 386. The molecule has 0 bridgehead atoms. The molecule has 3 unspecified atom stereocenters. The van der Waals surface area contributed by atoms with Crippen LogP contribution in [-0.4, -0.2) is 28.0 Å². The standard InChI is InChI=1S/C14H20BrNS2/c1-2-13-14(18-7-6-17-13)12(16)9-10-4-3-5-11(15)8-10/h3-5,8,12-14H,2,6-7,9,16H2,1H3. The zero-order valence-electron chi connectivity index (χ0n) is 10.6. The summed E-state index contributed by atoms with van der Waals surface area (Å²) in [5.41, 5.74) is 7.78. The molecule has 1 aromatic rings. The fourth-order valence-corrected chi connectivity index (χ4v) is 6.03. The summed E-state index contributed by atoms with van der Waals surface area (Å²) in [6, 6.07) is 8.77.